The molecule has 0 fully saturated rings. The van der Waals surface area contributed by atoms with Crippen molar-refractivity contribution in [3.63, 3.8) is 0 Å². The Balaban J connectivity index is 1.67. The molecule has 0 aliphatic rings. The molecule has 0 aliphatic heterocycles. The first-order chi connectivity index (χ1) is 10.6. The van der Waals surface area contributed by atoms with E-state index in [1.807, 2.05) is 37.3 Å². The number of benzene rings is 2. The average Bonchev–Trinajstić information content (AvgIpc) is 2.85. The van der Waals surface area contributed by atoms with E-state index in [-0.39, 0.29) is 11.7 Å². The highest BCUT2D eigenvalue weighted by atomic mass is 19.1. The van der Waals surface area contributed by atoms with Crippen molar-refractivity contribution in [3.8, 4) is 0 Å². The number of aryl methyl sites for hydroxylation is 1. The summed E-state index contributed by atoms with van der Waals surface area (Å²) >= 11 is 0. The van der Waals surface area contributed by atoms with Gasteiger partial charge in [-0.1, -0.05) is 30.3 Å². The molecule has 1 N–H and O–H groups in total. The Labute approximate surface area is 127 Å². The molecule has 112 valence electrons. The molecule has 0 unspecified atom stereocenters. The van der Waals surface area contributed by atoms with Gasteiger partial charge in [0.25, 0.3) is 5.91 Å². The predicted octanol–water partition coefficient (Wildman–Crippen LogP) is 3.85. The second kappa shape index (κ2) is 6.02. The van der Waals surface area contributed by atoms with Gasteiger partial charge in [0.15, 0.2) is 5.76 Å². The third-order valence-corrected chi connectivity index (χ3v) is 3.64. The minimum Gasteiger partial charge on any atom is -0.451 e. The molecule has 2 aromatic carbocycles. The van der Waals surface area contributed by atoms with Crippen molar-refractivity contribution < 1.29 is 13.6 Å². The lowest BCUT2D eigenvalue weighted by Gasteiger charge is -2.04. The van der Waals surface area contributed by atoms with Crippen LogP contribution in [0.4, 0.5) is 4.39 Å². The summed E-state index contributed by atoms with van der Waals surface area (Å²) in [6.45, 7) is 2.30. The molecule has 1 heterocycles. The van der Waals surface area contributed by atoms with E-state index in [4.69, 9.17) is 4.42 Å². The van der Waals surface area contributed by atoms with Gasteiger partial charge in [-0.15, -0.1) is 0 Å². The molecule has 3 rings (SSSR count). The van der Waals surface area contributed by atoms with E-state index in [1.54, 1.807) is 6.07 Å². The van der Waals surface area contributed by atoms with Gasteiger partial charge in [0.1, 0.15) is 11.4 Å². The monoisotopic (exact) mass is 297 g/mol. The fourth-order valence-electron chi connectivity index (χ4n) is 2.48. The number of carbonyl (C=O) groups excluding carboxylic acids is 1. The molecule has 0 radical (unpaired) electrons. The van der Waals surface area contributed by atoms with Crippen LogP contribution in [0.15, 0.2) is 52.9 Å². The molecule has 0 saturated carbocycles. The Bertz CT molecular complexity index is 823. The van der Waals surface area contributed by atoms with E-state index in [2.05, 4.69) is 5.32 Å². The van der Waals surface area contributed by atoms with Crippen molar-refractivity contribution >= 4 is 16.9 Å². The third-order valence-electron chi connectivity index (χ3n) is 3.64. The first-order valence-corrected chi connectivity index (χ1v) is 7.16. The van der Waals surface area contributed by atoms with E-state index in [9.17, 15) is 9.18 Å². The van der Waals surface area contributed by atoms with Gasteiger partial charge in [0.2, 0.25) is 0 Å². The van der Waals surface area contributed by atoms with Gasteiger partial charge in [-0.3, -0.25) is 4.79 Å². The number of carbonyl (C=O) groups is 1. The molecule has 0 bridgehead atoms. The summed E-state index contributed by atoms with van der Waals surface area (Å²) in [5.41, 5.74) is 2.38. The Hall–Kier alpha value is -2.62. The van der Waals surface area contributed by atoms with Gasteiger partial charge in [-0.25, -0.2) is 4.39 Å². The minimum atomic E-state index is -0.267. The first-order valence-electron chi connectivity index (χ1n) is 7.16. The number of nitrogens with one attached hydrogen (secondary N) is 1. The molecule has 4 heteroatoms. The van der Waals surface area contributed by atoms with Gasteiger partial charge in [-0.05, 0) is 37.1 Å². The lowest BCUT2D eigenvalue weighted by Crippen LogP contribution is -2.25. The van der Waals surface area contributed by atoms with Crippen LogP contribution in [-0.2, 0) is 6.42 Å². The van der Waals surface area contributed by atoms with Crippen molar-refractivity contribution in [2.45, 2.75) is 13.3 Å². The molecule has 22 heavy (non-hydrogen) atoms. The van der Waals surface area contributed by atoms with E-state index in [1.165, 1.54) is 12.1 Å². The van der Waals surface area contributed by atoms with Crippen LogP contribution < -0.4 is 5.32 Å². The maximum atomic E-state index is 13.1. The van der Waals surface area contributed by atoms with Crippen LogP contribution in [0.2, 0.25) is 0 Å². The number of hydrogen-bond donors (Lipinski definition) is 1. The number of fused-ring (bicyclic) bond motifs is 1. The Morgan fingerprint density at radius 3 is 2.77 bits per heavy atom. The molecule has 3 nitrogen and oxygen atoms in total. The summed E-state index contributed by atoms with van der Waals surface area (Å²) in [5.74, 6) is -0.178. The molecule has 1 aromatic heterocycles. The zero-order chi connectivity index (χ0) is 15.5. The fourth-order valence-corrected chi connectivity index (χ4v) is 2.48. The second-order valence-electron chi connectivity index (χ2n) is 5.19. The number of rotatable bonds is 4. The largest absolute Gasteiger partial charge is 0.451 e. The van der Waals surface area contributed by atoms with Gasteiger partial charge >= 0.3 is 0 Å². The molecule has 3 aromatic rings. The maximum absolute atomic E-state index is 13.1. The lowest BCUT2D eigenvalue weighted by atomic mass is 10.1. The van der Waals surface area contributed by atoms with Crippen molar-refractivity contribution in [1.29, 1.82) is 0 Å². The quantitative estimate of drug-likeness (QED) is 0.794. The van der Waals surface area contributed by atoms with Crippen LogP contribution in [0, 0.1) is 12.7 Å². The van der Waals surface area contributed by atoms with Crippen molar-refractivity contribution in [1.82, 2.24) is 5.32 Å². The van der Waals surface area contributed by atoms with Gasteiger partial charge < -0.3 is 9.73 Å². The van der Waals surface area contributed by atoms with E-state index in [0.717, 1.165) is 16.5 Å². The second-order valence-corrected chi connectivity index (χ2v) is 5.19. The van der Waals surface area contributed by atoms with E-state index >= 15 is 0 Å². The highest BCUT2D eigenvalue weighted by Gasteiger charge is 2.16. The maximum Gasteiger partial charge on any atom is 0.287 e. The minimum absolute atomic E-state index is 0.245. The van der Waals surface area contributed by atoms with Crippen molar-refractivity contribution in [2.24, 2.45) is 0 Å². The summed E-state index contributed by atoms with van der Waals surface area (Å²) in [6.07, 6.45) is 0.572. The number of hydrogen-bond acceptors (Lipinski definition) is 2. The lowest BCUT2D eigenvalue weighted by molar-refractivity contribution is 0.0928. The summed E-state index contributed by atoms with van der Waals surface area (Å²) < 4.78 is 18.7. The van der Waals surface area contributed by atoms with Crippen molar-refractivity contribution in [2.75, 3.05) is 6.54 Å². The van der Waals surface area contributed by atoms with Crippen LogP contribution in [0.5, 0.6) is 0 Å². The smallest absolute Gasteiger partial charge is 0.287 e. The molecule has 0 saturated heterocycles. The molecule has 0 aliphatic carbocycles. The fraction of sp³-hybridized carbons (Fsp3) is 0.167. The van der Waals surface area contributed by atoms with Crippen LogP contribution >= 0.6 is 0 Å². The standard InChI is InChI=1S/C18H16FNO2/c1-12-15-7-2-3-8-16(15)22-17(12)18(21)20-10-9-13-5-4-6-14(19)11-13/h2-8,11H,9-10H2,1H3,(H,20,21). The molecular weight excluding hydrogens is 281 g/mol. The van der Waals surface area contributed by atoms with E-state index < -0.39 is 0 Å². The van der Waals surface area contributed by atoms with Crippen LogP contribution in [0.3, 0.4) is 0 Å². The van der Waals surface area contributed by atoms with Gasteiger partial charge in [0.05, 0.1) is 0 Å². The zero-order valence-electron chi connectivity index (χ0n) is 12.2. The molecule has 0 spiro atoms. The molecule has 1 amide bonds. The van der Waals surface area contributed by atoms with E-state index in [0.29, 0.717) is 24.3 Å². The Kier molecular flexibility index (Phi) is 3.92. The summed E-state index contributed by atoms with van der Waals surface area (Å²) in [7, 11) is 0. The normalized spacial score (nSPS) is 10.8. The third kappa shape index (κ3) is 2.86. The summed E-state index contributed by atoms with van der Waals surface area (Å²) in [4.78, 5) is 12.2. The van der Waals surface area contributed by atoms with Crippen molar-refractivity contribution in [3.05, 3.63) is 71.2 Å². The topological polar surface area (TPSA) is 42.2 Å². The molecular formula is C18H16FNO2. The Morgan fingerprint density at radius 1 is 1.18 bits per heavy atom. The van der Waals surface area contributed by atoms with Crippen LogP contribution in [0.1, 0.15) is 21.7 Å². The number of furan rings is 1. The summed E-state index contributed by atoms with van der Waals surface area (Å²) in [5, 5.41) is 3.76. The van der Waals surface area contributed by atoms with Crippen LogP contribution in [-0.4, -0.2) is 12.5 Å². The number of para-hydroxylation sites is 1. The zero-order valence-corrected chi connectivity index (χ0v) is 12.2. The SMILES string of the molecule is Cc1c(C(=O)NCCc2cccc(F)c2)oc2ccccc12. The van der Waals surface area contributed by atoms with Gasteiger partial charge in [-0.2, -0.15) is 0 Å². The highest BCUT2D eigenvalue weighted by Crippen LogP contribution is 2.24. The van der Waals surface area contributed by atoms with Crippen LogP contribution in [0.25, 0.3) is 11.0 Å². The van der Waals surface area contributed by atoms with Gasteiger partial charge in [0, 0.05) is 17.5 Å². The molecule has 0 atom stereocenters. The summed E-state index contributed by atoms with van der Waals surface area (Å²) in [6, 6.07) is 13.9. The number of halogens is 1. The average molecular weight is 297 g/mol. The first kappa shape index (κ1) is 14.3. The Morgan fingerprint density at radius 2 is 2.00 bits per heavy atom. The highest BCUT2D eigenvalue weighted by molar-refractivity contribution is 5.98. The number of amides is 1. The predicted molar refractivity (Wildman–Crippen MR) is 83.4 cm³/mol.